The minimum Gasteiger partial charge on any atom is -0.234 e. The van der Waals surface area contributed by atoms with E-state index in [-0.39, 0.29) is 0 Å². The highest BCUT2D eigenvalue weighted by Crippen LogP contribution is 2.14. The van der Waals surface area contributed by atoms with E-state index >= 15 is 0 Å². The van der Waals surface area contributed by atoms with Crippen LogP contribution in [0.4, 0.5) is 0 Å². The van der Waals surface area contributed by atoms with Crippen molar-refractivity contribution >= 4 is 0 Å². The lowest BCUT2D eigenvalue weighted by Gasteiger charge is -2.06. The second-order valence-corrected chi connectivity index (χ2v) is 7.19. The van der Waals surface area contributed by atoms with Crippen LogP contribution in [0.25, 0.3) is 5.69 Å². The lowest BCUT2D eigenvalue weighted by atomic mass is 10.1. The third kappa shape index (κ3) is 6.68. The third-order valence-corrected chi connectivity index (χ3v) is 5.05. The molecule has 0 aliphatic carbocycles. The topological polar surface area (TPSA) is 8.81 Å². The van der Waals surface area contributed by atoms with E-state index in [2.05, 4.69) is 65.7 Å². The van der Waals surface area contributed by atoms with Gasteiger partial charge in [-0.3, -0.25) is 0 Å². The molecular formula is C23H37N2+. The lowest BCUT2D eigenvalue weighted by molar-refractivity contribution is -0.703. The van der Waals surface area contributed by atoms with Gasteiger partial charge in [-0.1, -0.05) is 83.4 Å². The van der Waals surface area contributed by atoms with Crippen LogP contribution in [0.5, 0.6) is 0 Å². The SMILES string of the molecule is CCCCCCCCCCc1n(-c2ccccc2)cc[n+]1CCCC. The number of hydrogen-bond donors (Lipinski definition) is 0. The van der Waals surface area contributed by atoms with E-state index in [0.717, 1.165) is 6.54 Å². The van der Waals surface area contributed by atoms with Gasteiger partial charge in [0.1, 0.15) is 18.1 Å². The molecular weight excluding hydrogens is 304 g/mol. The summed E-state index contributed by atoms with van der Waals surface area (Å²) in [6.45, 7) is 5.70. The summed E-state index contributed by atoms with van der Waals surface area (Å²) in [6.07, 6.45) is 19.3. The van der Waals surface area contributed by atoms with Crippen LogP contribution >= 0.6 is 0 Å². The fourth-order valence-corrected chi connectivity index (χ4v) is 3.49. The molecule has 0 N–H and O–H groups in total. The molecule has 0 fully saturated rings. The molecule has 0 saturated carbocycles. The molecule has 2 nitrogen and oxygen atoms in total. The van der Waals surface area contributed by atoms with Crippen molar-refractivity contribution in [3.8, 4) is 5.69 Å². The molecule has 2 rings (SSSR count). The van der Waals surface area contributed by atoms with Crippen molar-refractivity contribution in [2.45, 2.75) is 91.0 Å². The van der Waals surface area contributed by atoms with Gasteiger partial charge in [0.05, 0.1) is 6.54 Å². The largest absolute Gasteiger partial charge is 0.261 e. The number of para-hydroxylation sites is 1. The standard InChI is InChI=1S/C23H37N2/c1-3-5-7-8-9-10-11-15-18-23-24(19-6-4-2)20-21-25(23)22-16-13-12-14-17-22/h12-14,16-17,20-21H,3-11,15,18-19H2,1-2H3/q+1. The second kappa shape index (κ2) is 11.9. The molecule has 0 saturated heterocycles. The Morgan fingerprint density at radius 2 is 1.40 bits per heavy atom. The minimum atomic E-state index is 1.14. The maximum Gasteiger partial charge on any atom is 0.261 e. The number of nitrogens with zero attached hydrogens (tertiary/aromatic N) is 2. The Balaban J connectivity index is 1.89. The summed E-state index contributed by atoms with van der Waals surface area (Å²) in [5.74, 6) is 1.46. The summed E-state index contributed by atoms with van der Waals surface area (Å²) in [6, 6.07) is 10.8. The van der Waals surface area contributed by atoms with Crippen LogP contribution in [-0.4, -0.2) is 4.57 Å². The van der Waals surface area contributed by atoms with Crippen LogP contribution in [-0.2, 0) is 13.0 Å². The zero-order chi connectivity index (χ0) is 17.7. The van der Waals surface area contributed by atoms with Gasteiger partial charge in [0, 0.05) is 6.42 Å². The molecule has 2 aromatic rings. The maximum atomic E-state index is 2.47. The predicted octanol–water partition coefficient (Wildman–Crippen LogP) is 6.25. The van der Waals surface area contributed by atoms with Gasteiger partial charge < -0.3 is 0 Å². The van der Waals surface area contributed by atoms with E-state index in [9.17, 15) is 0 Å². The molecule has 0 amide bonds. The van der Waals surface area contributed by atoms with Crippen LogP contribution in [0.1, 0.15) is 83.9 Å². The Bertz CT molecular complexity index is 571. The van der Waals surface area contributed by atoms with Gasteiger partial charge >= 0.3 is 0 Å². The van der Waals surface area contributed by atoms with Crippen molar-refractivity contribution in [2.75, 3.05) is 0 Å². The van der Waals surface area contributed by atoms with Crippen LogP contribution < -0.4 is 4.57 Å². The smallest absolute Gasteiger partial charge is 0.234 e. The quantitative estimate of drug-likeness (QED) is 0.301. The molecule has 0 atom stereocenters. The van der Waals surface area contributed by atoms with Crippen LogP contribution in [0.3, 0.4) is 0 Å². The minimum absolute atomic E-state index is 1.14. The number of unbranched alkanes of at least 4 members (excludes halogenated alkanes) is 8. The van der Waals surface area contributed by atoms with E-state index in [4.69, 9.17) is 0 Å². The third-order valence-electron chi connectivity index (χ3n) is 5.05. The highest BCUT2D eigenvalue weighted by Gasteiger charge is 2.17. The first-order valence-electron chi connectivity index (χ1n) is 10.5. The zero-order valence-electron chi connectivity index (χ0n) is 16.4. The first-order valence-corrected chi connectivity index (χ1v) is 10.5. The molecule has 25 heavy (non-hydrogen) atoms. The molecule has 2 heteroatoms. The van der Waals surface area contributed by atoms with Crippen molar-refractivity contribution in [3.63, 3.8) is 0 Å². The van der Waals surface area contributed by atoms with Crippen LogP contribution in [0.2, 0.25) is 0 Å². The molecule has 0 aliphatic rings. The summed E-state index contributed by atoms with van der Waals surface area (Å²) < 4.78 is 4.86. The van der Waals surface area contributed by atoms with Gasteiger partial charge in [0.15, 0.2) is 0 Å². The zero-order valence-corrected chi connectivity index (χ0v) is 16.4. The van der Waals surface area contributed by atoms with Gasteiger partial charge in [0.2, 0.25) is 0 Å². The van der Waals surface area contributed by atoms with Crippen molar-refractivity contribution in [1.82, 2.24) is 4.57 Å². The molecule has 0 bridgehead atoms. The summed E-state index contributed by atoms with van der Waals surface area (Å²) in [5.41, 5.74) is 1.28. The maximum absolute atomic E-state index is 2.47. The summed E-state index contributed by atoms with van der Waals surface area (Å²) in [4.78, 5) is 0. The van der Waals surface area contributed by atoms with Gasteiger partial charge in [-0.15, -0.1) is 0 Å². The number of aromatic nitrogens is 2. The van der Waals surface area contributed by atoms with Gasteiger partial charge in [-0.2, -0.15) is 4.57 Å². The van der Waals surface area contributed by atoms with Crippen molar-refractivity contribution in [1.29, 1.82) is 0 Å². The Hall–Kier alpha value is -1.57. The van der Waals surface area contributed by atoms with E-state index in [0.29, 0.717) is 0 Å². The van der Waals surface area contributed by atoms with Crippen molar-refractivity contribution < 1.29 is 4.57 Å². The lowest BCUT2D eigenvalue weighted by Crippen LogP contribution is -2.37. The van der Waals surface area contributed by atoms with Gasteiger partial charge in [-0.25, -0.2) is 4.57 Å². The van der Waals surface area contributed by atoms with E-state index < -0.39 is 0 Å². The Morgan fingerprint density at radius 3 is 2.08 bits per heavy atom. The fraction of sp³-hybridized carbons (Fsp3) is 0.609. The summed E-state index contributed by atoms with van der Waals surface area (Å²) in [5, 5.41) is 0. The predicted molar refractivity (Wildman–Crippen MR) is 107 cm³/mol. The summed E-state index contributed by atoms with van der Waals surface area (Å²) in [7, 11) is 0. The van der Waals surface area contributed by atoms with Gasteiger partial charge in [0.25, 0.3) is 5.82 Å². The van der Waals surface area contributed by atoms with Gasteiger partial charge in [-0.05, 0) is 25.0 Å². The van der Waals surface area contributed by atoms with E-state index in [1.54, 1.807) is 0 Å². The summed E-state index contributed by atoms with van der Waals surface area (Å²) >= 11 is 0. The average molecular weight is 342 g/mol. The Labute approximate surface area is 154 Å². The van der Waals surface area contributed by atoms with Crippen molar-refractivity contribution in [3.05, 3.63) is 48.5 Å². The average Bonchev–Trinajstić information content (AvgIpc) is 3.05. The normalized spacial score (nSPS) is 11.1. The first-order chi connectivity index (χ1) is 12.4. The fourth-order valence-electron chi connectivity index (χ4n) is 3.49. The number of rotatable bonds is 13. The number of imidazole rings is 1. The second-order valence-electron chi connectivity index (χ2n) is 7.19. The highest BCUT2D eigenvalue weighted by atomic mass is 15.1. The van der Waals surface area contributed by atoms with Crippen molar-refractivity contribution in [2.24, 2.45) is 0 Å². The molecule has 1 aromatic carbocycles. The molecule has 1 heterocycles. The highest BCUT2D eigenvalue weighted by molar-refractivity contribution is 5.31. The molecule has 0 radical (unpaired) electrons. The van der Waals surface area contributed by atoms with Crippen LogP contribution in [0.15, 0.2) is 42.7 Å². The number of hydrogen-bond acceptors (Lipinski definition) is 0. The molecule has 138 valence electrons. The Morgan fingerprint density at radius 1 is 0.760 bits per heavy atom. The van der Waals surface area contributed by atoms with E-state index in [1.807, 2.05) is 0 Å². The number of benzene rings is 1. The first kappa shape index (κ1) is 19.8. The molecule has 1 aromatic heterocycles. The molecule has 0 spiro atoms. The number of aryl methyl sites for hydroxylation is 1. The van der Waals surface area contributed by atoms with Crippen LogP contribution in [0, 0.1) is 0 Å². The molecule has 0 aliphatic heterocycles. The monoisotopic (exact) mass is 341 g/mol. The van der Waals surface area contributed by atoms with E-state index in [1.165, 1.54) is 82.1 Å². The molecule has 0 unspecified atom stereocenters. The Kier molecular flexibility index (Phi) is 9.40.